The van der Waals surface area contributed by atoms with Gasteiger partial charge in [0.25, 0.3) is 0 Å². The minimum Gasteiger partial charge on any atom is -0.487 e. The Bertz CT molecular complexity index is 831. The molecule has 2 aliphatic carbocycles. The Kier molecular flexibility index (Phi) is 10.4. The Balaban J connectivity index is 1.40. The summed E-state index contributed by atoms with van der Waals surface area (Å²) in [4.78, 5) is 0. The number of alkyl halides is 7. The van der Waals surface area contributed by atoms with Crippen LogP contribution >= 0.6 is 0 Å². The van der Waals surface area contributed by atoms with Crippen molar-refractivity contribution in [3.05, 3.63) is 35.9 Å². The van der Waals surface area contributed by atoms with Crippen molar-refractivity contribution in [1.82, 2.24) is 0 Å². The predicted molar refractivity (Wildman–Crippen MR) is 132 cm³/mol. The van der Waals surface area contributed by atoms with Gasteiger partial charge in [0.15, 0.2) is 6.61 Å². The van der Waals surface area contributed by atoms with Gasteiger partial charge in [-0.05, 0) is 79.9 Å². The predicted octanol–water partition coefficient (Wildman–Crippen LogP) is 10.1. The van der Waals surface area contributed by atoms with Crippen LogP contribution in [0.1, 0.15) is 89.5 Å². The summed E-state index contributed by atoms with van der Waals surface area (Å²) < 4.78 is 94.0. The number of hydrogen-bond donors (Lipinski definition) is 0. The van der Waals surface area contributed by atoms with Crippen LogP contribution in [-0.2, 0) is 0 Å². The van der Waals surface area contributed by atoms with Crippen LogP contribution in [0.15, 0.2) is 30.3 Å². The first-order valence-electron chi connectivity index (χ1n) is 13.7. The quantitative estimate of drug-likeness (QED) is 0.202. The van der Waals surface area contributed by atoms with Crippen LogP contribution < -0.4 is 4.74 Å². The molecule has 210 valence electrons. The van der Waals surface area contributed by atoms with Crippen LogP contribution in [0.5, 0.6) is 5.75 Å². The standard InChI is InChI=1S/C29H39F7O/c1-2-3-4-5-21-8-14-24(15-9-21)25-16-10-22(11-17-25)6-7-23-12-18-26(19-13-23)37-20-27(30,31)28(32,33)29(34,35)36/h6-7,12-13,18-19,21-22,24-25H,2-5,8-11,14-17,20H2,1H3/t21-,22-,24-,25-. The Morgan fingerprint density at radius 3 is 1.89 bits per heavy atom. The van der Waals surface area contributed by atoms with E-state index in [0.29, 0.717) is 5.92 Å². The fourth-order valence-corrected chi connectivity index (χ4v) is 5.83. The van der Waals surface area contributed by atoms with E-state index in [1.807, 2.05) is 6.08 Å². The summed E-state index contributed by atoms with van der Waals surface area (Å²) >= 11 is 0. The van der Waals surface area contributed by atoms with E-state index in [9.17, 15) is 30.7 Å². The molecule has 0 bridgehead atoms. The molecule has 0 radical (unpaired) electrons. The highest BCUT2D eigenvalue weighted by atomic mass is 19.4. The molecule has 1 nitrogen and oxygen atoms in total. The van der Waals surface area contributed by atoms with E-state index in [1.165, 1.54) is 76.3 Å². The average Bonchev–Trinajstić information content (AvgIpc) is 2.87. The number of ether oxygens (including phenoxy) is 1. The van der Waals surface area contributed by atoms with E-state index >= 15 is 0 Å². The zero-order chi connectivity index (χ0) is 27.1. The molecule has 2 saturated carbocycles. The van der Waals surface area contributed by atoms with Gasteiger partial charge in [-0.25, -0.2) is 0 Å². The second-order valence-corrected chi connectivity index (χ2v) is 10.9. The molecule has 1 aromatic carbocycles. The van der Waals surface area contributed by atoms with E-state index in [-0.39, 0.29) is 5.75 Å². The summed E-state index contributed by atoms with van der Waals surface area (Å²) in [6.07, 6.45) is 13.4. The van der Waals surface area contributed by atoms with Crippen LogP contribution in [0.3, 0.4) is 0 Å². The van der Waals surface area contributed by atoms with Crippen molar-refractivity contribution < 1.29 is 35.5 Å². The highest BCUT2D eigenvalue weighted by Gasteiger charge is 2.73. The van der Waals surface area contributed by atoms with E-state index in [2.05, 4.69) is 17.7 Å². The molecule has 0 spiro atoms. The van der Waals surface area contributed by atoms with Crippen LogP contribution in [0.2, 0.25) is 0 Å². The smallest absolute Gasteiger partial charge is 0.460 e. The lowest BCUT2D eigenvalue weighted by Gasteiger charge is -2.37. The van der Waals surface area contributed by atoms with Crippen molar-refractivity contribution in [3.8, 4) is 5.75 Å². The highest BCUT2D eigenvalue weighted by Crippen LogP contribution is 2.46. The monoisotopic (exact) mass is 536 g/mol. The maximum atomic E-state index is 13.4. The van der Waals surface area contributed by atoms with Gasteiger partial charge < -0.3 is 4.74 Å². The van der Waals surface area contributed by atoms with Gasteiger partial charge in [0, 0.05) is 0 Å². The van der Waals surface area contributed by atoms with Gasteiger partial charge in [0.2, 0.25) is 0 Å². The SMILES string of the molecule is CCCCC[C@H]1CC[C@H]([C@H]2CC[C@H](C=Cc3ccc(OCC(F)(F)C(F)(F)C(F)(F)F)cc3)CC2)CC1. The Hall–Kier alpha value is -1.73. The molecule has 0 aromatic heterocycles. The van der Waals surface area contributed by atoms with E-state index in [0.717, 1.165) is 36.2 Å². The number of halogens is 7. The van der Waals surface area contributed by atoms with Crippen molar-refractivity contribution in [1.29, 1.82) is 0 Å². The fourth-order valence-electron chi connectivity index (χ4n) is 5.83. The van der Waals surface area contributed by atoms with Crippen molar-refractivity contribution in [3.63, 3.8) is 0 Å². The first kappa shape index (κ1) is 29.8. The van der Waals surface area contributed by atoms with Crippen LogP contribution in [0.25, 0.3) is 6.08 Å². The normalized spacial score (nSPS) is 25.9. The number of unbranched alkanes of at least 4 members (excludes halogenated alkanes) is 2. The molecule has 0 saturated heterocycles. The molecule has 3 rings (SSSR count). The lowest BCUT2D eigenvalue weighted by molar-refractivity contribution is -0.358. The summed E-state index contributed by atoms with van der Waals surface area (Å²) in [5.74, 6) is -8.66. The molecule has 2 fully saturated rings. The largest absolute Gasteiger partial charge is 0.487 e. The maximum absolute atomic E-state index is 13.4. The van der Waals surface area contributed by atoms with Gasteiger partial charge in [0.05, 0.1) is 0 Å². The molecule has 1 aromatic rings. The van der Waals surface area contributed by atoms with Gasteiger partial charge in [-0.2, -0.15) is 30.7 Å². The van der Waals surface area contributed by atoms with E-state index < -0.39 is 24.6 Å². The molecular formula is C29H39F7O. The molecule has 2 aliphatic rings. The summed E-state index contributed by atoms with van der Waals surface area (Å²) in [7, 11) is 0. The number of rotatable bonds is 11. The van der Waals surface area contributed by atoms with Crippen molar-refractivity contribution >= 4 is 6.08 Å². The van der Waals surface area contributed by atoms with Crippen LogP contribution in [-0.4, -0.2) is 24.6 Å². The Morgan fingerprint density at radius 2 is 1.35 bits per heavy atom. The molecule has 37 heavy (non-hydrogen) atoms. The third-order valence-electron chi connectivity index (χ3n) is 8.27. The van der Waals surface area contributed by atoms with Crippen molar-refractivity contribution in [2.45, 2.75) is 102 Å². The van der Waals surface area contributed by atoms with E-state index in [4.69, 9.17) is 0 Å². The zero-order valence-electron chi connectivity index (χ0n) is 21.5. The van der Waals surface area contributed by atoms with Crippen molar-refractivity contribution in [2.24, 2.45) is 23.7 Å². The van der Waals surface area contributed by atoms with Gasteiger partial charge in [-0.1, -0.05) is 69.7 Å². The minimum atomic E-state index is -6.36. The summed E-state index contributed by atoms with van der Waals surface area (Å²) in [5.41, 5.74) is 0.781. The maximum Gasteiger partial charge on any atom is 0.460 e. The molecule has 0 N–H and O–H groups in total. The second-order valence-electron chi connectivity index (χ2n) is 10.9. The van der Waals surface area contributed by atoms with Gasteiger partial charge in [-0.3, -0.25) is 0 Å². The zero-order valence-corrected chi connectivity index (χ0v) is 21.5. The summed E-state index contributed by atoms with van der Waals surface area (Å²) in [6.45, 7) is 0.181. The Morgan fingerprint density at radius 1 is 0.784 bits per heavy atom. The molecule has 0 amide bonds. The molecule has 8 heteroatoms. The van der Waals surface area contributed by atoms with Gasteiger partial charge in [0.1, 0.15) is 5.75 Å². The summed E-state index contributed by atoms with van der Waals surface area (Å²) in [6, 6.07) is 5.71. The molecule has 0 unspecified atom stereocenters. The fraction of sp³-hybridized carbons (Fsp3) is 0.724. The molecular weight excluding hydrogens is 497 g/mol. The van der Waals surface area contributed by atoms with Crippen LogP contribution in [0, 0.1) is 23.7 Å². The Labute approximate surface area is 215 Å². The van der Waals surface area contributed by atoms with Gasteiger partial charge in [-0.15, -0.1) is 0 Å². The lowest BCUT2D eigenvalue weighted by atomic mass is 9.68. The average molecular weight is 537 g/mol. The molecule has 0 aliphatic heterocycles. The second kappa shape index (κ2) is 12.9. The highest BCUT2D eigenvalue weighted by molar-refractivity contribution is 5.50. The number of allylic oxidation sites excluding steroid dienone is 1. The topological polar surface area (TPSA) is 9.23 Å². The number of hydrogen-bond acceptors (Lipinski definition) is 1. The summed E-state index contributed by atoms with van der Waals surface area (Å²) in [5, 5.41) is 0. The van der Waals surface area contributed by atoms with E-state index in [1.54, 1.807) is 12.1 Å². The third-order valence-corrected chi connectivity index (χ3v) is 8.27. The van der Waals surface area contributed by atoms with Gasteiger partial charge >= 0.3 is 18.0 Å². The van der Waals surface area contributed by atoms with Crippen LogP contribution in [0.4, 0.5) is 30.7 Å². The molecule has 0 atom stereocenters. The first-order valence-corrected chi connectivity index (χ1v) is 13.7. The van der Waals surface area contributed by atoms with Crippen molar-refractivity contribution in [2.75, 3.05) is 6.61 Å². The lowest BCUT2D eigenvalue weighted by Crippen LogP contribution is -2.54. The minimum absolute atomic E-state index is 0.199. The molecule has 0 heterocycles. The third kappa shape index (κ3) is 8.13. The number of benzene rings is 1. The first-order chi connectivity index (χ1) is 17.4.